The van der Waals surface area contributed by atoms with Gasteiger partial charge in [-0.3, -0.25) is 0 Å². The van der Waals surface area contributed by atoms with Crippen LogP contribution in [0.3, 0.4) is 0 Å². The van der Waals surface area contributed by atoms with Crippen molar-refractivity contribution in [3.63, 3.8) is 0 Å². The van der Waals surface area contributed by atoms with Crippen molar-refractivity contribution < 1.29 is 14.9 Å². The molecule has 0 rings (SSSR count). The third-order valence-corrected chi connectivity index (χ3v) is 18.0. The lowest BCUT2D eigenvalue weighted by Crippen LogP contribution is -2.25. The minimum Gasteiger partial charge on any atom is -0.396 e. The van der Waals surface area contributed by atoms with Crippen molar-refractivity contribution in [2.75, 3.05) is 66.4 Å². The molecule has 0 amide bonds. The van der Waals surface area contributed by atoms with E-state index in [4.69, 9.17) is 14.9 Å². The number of unbranched alkanes of at least 4 members (excludes halogenated alkanes) is 30. The summed E-state index contributed by atoms with van der Waals surface area (Å²) in [5, 5.41) is 17.8. The summed E-state index contributed by atoms with van der Waals surface area (Å²) < 4.78 is 6.74. The van der Waals surface area contributed by atoms with Crippen molar-refractivity contribution >= 4 is 32.9 Å². The second kappa shape index (κ2) is 91.3. The Labute approximate surface area is 593 Å². The molecule has 0 spiro atoms. The molecule has 5 nitrogen and oxygen atoms in total. The predicted molar refractivity (Wildman–Crippen MR) is 426 cm³/mol. The van der Waals surface area contributed by atoms with Crippen LogP contribution in [0.2, 0.25) is 0 Å². The molecule has 0 aliphatic carbocycles. The third-order valence-electron chi connectivity index (χ3n) is 17.5. The van der Waals surface area contributed by atoms with Crippen LogP contribution in [-0.4, -0.2) is 92.5 Å². The predicted octanol–water partition coefficient (Wildman–Crippen LogP) is 27.6. The van der Waals surface area contributed by atoms with Crippen LogP contribution in [0, 0.1) is 17.8 Å². The monoisotopic (exact) mass is 1410 g/mol. The van der Waals surface area contributed by atoms with Gasteiger partial charge < -0.3 is 24.7 Å². The average molecular weight is 1410 g/mol. The molecule has 0 aromatic rings. The molecule has 0 aromatic carbocycles. The molecule has 0 aromatic heterocycles. The van der Waals surface area contributed by atoms with Gasteiger partial charge in [-0.25, -0.2) is 0 Å². The maximum absolute atomic E-state index is 8.42. The number of hydrogen-bond acceptors (Lipinski definition) is 5. The van der Waals surface area contributed by atoms with Gasteiger partial charge >= 0.3 is 0 Å². The van der Waals surface area contributed by atoms with Crippen molar-refractivity contribution in [1.82, 2.24) is 9.80 Å². The Bertz CT molecular complexity index is 1390. The van der Waals surface area contributed by atoms with Gasteiger partial charge in [0.2, 0.25) is 0 Å². The molecule has 7 heteroatoms. The Morgan fingerprint density at radius 2 is 0.571 bits per heavy atom. The highest BCUT2D eigenvalue weighted by Crippen LogP contribution is 2.30. The molecule has 0 saturated heterocycles. The Kier molecular flexibility index (Phi) is 99.1. The van der Waals surface area contributed by atoms with E-state index in [9.17, 15) is 0 Å². The molecule has 0 saturated carbocycles. The molecule has 0 aliphatic heterocycles. The second-order valence-corrected chi connectivity index (χ2v) is 28.0. The maximum atomic E-state index is 8.42. The summed E-state index contributed by atoms with van der Waals surface area (Å²) in [7, 11) is 8.49. The first-order valence-electron chi connectivity index (χ1n) is 39.7. The number of aliphatic hydroxyl groups is 2. The highest BCUT2D eigenvalue weighted by molar-refractivity contribution is 9.09. The van der Waals surface area contributed by atoms with Crippen molar-refractivity contribution in [1.29, 1.82) is 0 Å². The van der Waals surface area contributed by atoms with Crippen molar-refractivity contribution in [2.45, 2.75) is 382 Å². The lowest BCUT2D eigenvalue weighted by molar-refractivity contribution is -0.00271. The topological polar surface area (TPSA) is 56.2 Å². The standard InChI is InChI=1S/C39H75NO.C33H62.C7H17NO.C5H11BrO.BrH/c1-6-9-12-15-18-21-24-28-33-38(34-29-25-22-19-16-13-10-7-2)39(41-37-32-27-31-36-40(4)5)35-30-26-23-20-17-14-11-8-3;1-5-8-11-14-17-20-23-26-29-32(4)33(30-27-24-21-18-15-12-9-6-2)31-28-25-22-19-16-13-10-7-3;1-8(2)6-4-3-5-7-9;6-4-2-1-3-5-7;/h18-23,38-39H,6-17,24-37H2,1-5H3;17-22,32-33H,5-16,23-31H2,1-4H3;9H,3-7H2,1-2H3;7H,1-5H2;1H/b21-18-,22-19-,23-20-;20-17-,21-18-,22-19-;;;. The van der Waals surface area contributed by atoms with Gasteiger partial charge in [0, 0.05) is 25.2 Å². The number of aliphatic hydroxyl groups excluding tert-OH is 2. The second-order valence-electron chi connectivity index (χ2n) is 27.2. The number of alkyl halides is 1. The first-order valence-corrected chi connectivity index (χ1v) is 40.8. The summed E-state index contributed by atoms with van der Waals surface area (Å²) in [6, 6.07) is 0. The summed E-state index contributed by atoms with van der Waals surface area (Å²) in [6.07, 6.45) is 95.6. The molecule has 544 valence electrons. The van der Waals surface area contributed by atoms with Gasteiger partial charge in [-0.05, 0) is 297 Å². The minimum absolute atomic E-state index is 0. The van der Waals surface area contributed by atoms with Crippen molar-refractivity contribution in [3.05, 3.63) is 72.9 Å². The zero-order chi connectivity index (χ0) is 67.0. The molecule has 0 fully saturated rings. The Balaban J connectivity index is -0.000000436. The first-order chi connectivity index (χ1) is 44.1. The van der Waals surface area contributed by atoms with Gasteiger partial charge in [0.15, 0.2) is 0 Å². The molecule has 0 bridgehead atoms. The molecule has 2 unspecified atom stereocenters. The highest BCUT2D eigenvalue weighted by atomic mass is 79.9. The quantitative estimate of drug-likeness (QED) is 0.0361. The van der Waals surface area contributed by atoms with Gasteiger partial charge in [-0.1, -0.05) is 227 Å². The van der Waals surface area contributed by atoms with E-state index in [1.165, 1.54) is 308 Å². The van der Waals surface area contributed by atoms with Crippen LogP contribution in [0.25, 0.3) is 0 Å². The fourth-order valence-electron chi connectivity index (χ4n) is 11.4. The van der Waals surface area contributed by atoms with E-state index in [2.05, 4.69) is 175 Å². The van der Waals surface area contributed by atoms with Crippen LogP contribution in [-0.2, 0) is 4.74 Å². The van der Waals surface area contributed by atoms with Crippen LogP contribution in [0.15, 0.2) is 72.9 Å². The lowest BCUT2D eigenvalue weighted by atomic mass is 9.82. The van der Waals surface area contributed by atoms with Gasteiger partial charge in [0.25, 0.3) is 0 Å². The molecule has 0 aliphatic rings. The normalized spacial score (nSPS) is 12.6. The summed E-state index contributed by atoms with van der Waals surface area (Å²) in [5.41, 5.74) is 0. The fraction of sp³-hybridized carbons (Fsp3) is 0.857. The summed E-state index contributed by atoms with van der Waals surface area (Å²) >= 11 is 3.30. The van der Waals surface area contributed by atoms with E-state index in [1.54, 1.807) is 0 Å². The van der Waals surface area contributed by atoms with Gasteiger partial charge in [0.05, 0.1) is 6.10 Å². The van der Waals surface area contributed by atoms with Crippen molar-refractivity contribution in [3.8, 4) is 0 Å². The molecule has 2 atom stereocenters. The van der Waals surface area contributed by atoms with Gasteiger partial charge in [-0.15, -0.1) is 17.0 Å². The van der Waals surface area contributed by atoms with Crippen LogP contribution >= 0.6 is 32.9 Å². The number of nitrogens with zero attached hydrogens (tertiary/aromatic N) is 2. The number of halogens is 2. The largest absolute Gasteiger partial charge is 0.396 e. The number of hydrogen-bond donors (Lipinski definition) is 2. The average Bonchev–Trinajstić information content (AvgIpc) is 2.96. The fourth-order valence-corrected chi connectivity index (χ4v) is 11.8. The zero-order valence-corrected chi connectivity index (χ0v) is 66.8. The maximum Gasteiger partial charge on any atom is 0.0603 e. The molecule has 0 radical (unpaired) electrons. The zero-order valence-electron chi connectivity index (χ0n) is 63.5. The summed E-state index contributed by atoms with van der Waals surface area (Å²) in [6.45, 7) is 20.2. The molecule has 91 heavy (non-hydrogen) atoms. The Morgan fingerprint density at radius 3 is 0.857 bits per heavy atom. The van der Waals surface area contributed by atoms with E-state index in [0.29, 0.717) is 25.2 Å². The van der Waals surface area contributed by atoms with Gasteiger partial charge in [0.1, 0.15) is 0 Å². The lowest BCUT2D eigenvalue weighted by Gasteiger charge is -2.28. The molecular weight excluding hydrogens is 1240 g/mol. The van der Waals surface area contributed by atoms with E-state index >= 15 is 0 Å². The van der Waals surface area contributed by atoms with Crippen LogP contribution < -0.4 is 0 Å². The summed E-state index contributed by atoms with van der Waals surface area (Å²) in [4.78, 5) is 4.46. The smallest absolute Gasteiger partial charge is 0.0603 e. The van der Waals surface area contributed by atoms with E-state index in [0.717, 1.165) is 56.0 Å². The molecule has 2 N–H and O–H groups in total. The van der Waals surface area contributed by atoms with E-state index in [1.807, 2.05) is 0 Å². The number of allylic oxidation sites excluding steroid dienone is 12. The number of ether oxygens (including phenoxy) is 1. The Hall–Kier alpha value is -0.800. The van der Waals surface area contributed by atoms with Crippen LogP contribution in [0.5, 0.6) is 0 Å². The van der Waals surface area contributed by atoms with E-state index in [-0.39, 0.29) is 17.0 Å². The van der Waals surface area contributed by atoms with Crippen molar-refractivity contribution in [2.24, 2.45) is 17.8 Å². The van der Waals surface area contributed by atoms with Crippen LogP contribution in [0.1, 0.15) is 376 Å². The van der Waals surface area contributed by atoms with Gasteiger partial charge in [-0.2, -0.15) is 0 Å². The molecular formula is C84H166Br2N2O3. The Morgan fingerprint density at radius 1 is 0.308 bits per heavy atom. The highest BCUT2D eigenvalue weighted by Gasteiger charge is 2.21. The third kappa shape index (κ3) is 91.3. The summed E-state index contributed by atoms with van der Waals surface area (Å²) in [5.74, 6) is 2.49. The van der Waals surface area contributed by atoms with Crippen LogP contribution in [0.4, 0.5) is 0 Å². The first kappa shape index (κ1) is 98.9. The number of rotatable bonds is 66. The SMILES string of the molecule is Br.CCCCC/C=C\CCCC(C)C(CCC/C=C\CCCCC)CCC/C=C\CCCCC.CCCCC/C=C\CCCC(CCC/C=C\CCCCC)C(CCC/C=C\CCCCC)OCCCCCN(C)C.CN(C)CCCCCO.OCCCCCBr. The minimum atomic E-state index is 0. The molecule has 0 heterocycles. The van der Waals surface area contributed by atoms with E-state index < -0.39 is 0 Å².